The number of anilines is 3. The third kappa shape index (κ3) is 7.35. The summed E-state index contributed by atoms with van der Waals surface area (Å²) in [6.45, 7) is 0.487. The monoisotopic (exact) mass is 570 g/mol. The van der Waals surface area contributed by atoms with Crippen molar-refractivity contribution in [3.05, 3.63) is 98.4 Å². The van der Waals surface area contributed by atoms with Crippen molar-refractivity contribution in [3.8, 4) is 23.0 Å². The Morgan fingerprint density at radius 3 is 1.93 bits per heavy atom. The highest BCUT2D eigenvalue weighted by molar-refractivity contribution is 6.31. The number of ether oxygens (including phenoxy) is 4. The Labute approximate surface area is 232 Å². The summed E-state index contributed by atoms with van der Waals surface area (Å²) >= 11 is 5.37. The fourth-order valence-corrected chi connectivity index (χ4v) is 3.37. The van der Waals surface area contributed by atoms with Crippen LogP contribution < -0.4 is 30.0 Å². The van der Waals surface area contributed by atoms with E-state index in [1.165, 1.54) is 36.7 Å². The summed E-state index contributed by atoms with van der Waals surface area (Å²) in [5, 5.41) is 23.8. The maximum Gasteiger partial charge on any atom is 0.311 e. The molecular weight excluding hydrogens is 548 g/mol. The van der Waals surface area contributed by atoms with Gasteiger partial charge in [-0.1, -0.05) is 19.0 Å². The van der Waals surface area contributed by atoms with Crippen LogP contribution in [-0.4, -0.2) is 33.4 Å². The second-order valence-corrected chi connectivity index (χ2v) is 7.86. The molecule has 40 heavy (non-hydrogen) atoms. The second kappa shape index (κ2) is 13.4. The summed E-state index contributed by atoms with van der Waals surface area (Å²) in [6, 6.07) is 16.2. The molecule has 2 aromatic carbocycles. The lowest BCUT2D eigenvalue weighted by molar-refractivity contribution is -0.385. The number of nitrogens with two attached hydrogens (primary N) is 1. The molecule has 14 nitrogen and oxygen atoms in total. The molecule has 15 heteroatoms. The molecule has 4 heterocycles. The maximum absolute atomic E-state index is 10.9. The Morgan fingerprint density at radius 2 is 1.32 bits per heavy atom. The average molecular weight is 571 g/mol. The largest absolute Gasteiger partial charge is 0.454 e. The summed E-state index contributed by atoms with van der Waals surface area (Å²) < 4.78 is 20.6. The molecule has 208 valence electrons. The number of hydrogen-bond acceptors (Lipinski definition) is 12. The normalized spacial score (nSPS) is 11.5. The van der Waals surface area contributed by atoms with E-state index in [1.54, 1.807) is 36.4 Å². The molecule has 3 N–H and O–H groups in total. The van der Waals surface area contributed by atoms with Crippen LogP contribution in [0.1, 0.15) is 7.43 Å². The van der Waals surface area contributed by atoms with E-state index in [2.05, 4.69) is 15.3 Å². The van der Waals surface area contributed by atoms with E-state index in [-0.39, 0.29) is 36.6 Å². The number of benzene rings is 2. The minimum Gasteiger partial charge on any atom is -0.454 e. The zero-order chi connectivity index (χ0) is 27.8. The molecule has 6 rings (SSSR count). The average Bonchev–Trinajstić information content (AvgIpc) is 3.58. The van der Waals surface area contributed by atoms with E-state index in [9.17, 15) is 20.2 Å². The quantitative estimate of drug-likeness (QED) is 0.131. The molecule has 0 radical (unpaired) electrons. The van der Waals surface area contributed by atoms with Crippen LogP contribution in [0.2, 0.25) is 5.15 Å². The Bertz CT molecular complexity index is 1510. The van der Waals surface area contributed by atoms with E-state index in [0.29, 0.717) is 29.7 Å². The van der Waals surface area contributed by atoms with Crippen molar-refractivity contribution in [2.75, 3.05) is 24.6 Å². The fraction of sp³-hybridized carbons (Fsp3) is 0.120. The van der Waals surface area contributed by atoms with Crippen LogP contribution >= 0.6 is 11.6 Å². The van der Waals surface area contributed by atoms with Crippen LogP contribution in [0.15, 0.2) is 73.1 Å². The molecule has 0 spiro atoms. The lowest BCUT2D eigenvalue weighted by Crippen LogP contribution is -1.99. The number of hydrogen-bond donors (Lipinski definition) is 2. The van der Waals surface area contributed by atoms with Crippen molar-refractivity contribution in [1.82, 2.24) is 9.97 Å². The van der Waals surface area contributed by atoms with Gasteiger partial charge in [0, 0.05) is 48.0 Å². The molecule has 0 saturated heterocycles. The molecule has 2 aliphatic rings. The first-order valence-corrected chi connectivity index (χ1v) is 11.4. The molecule has 0 bridgehead atoms. The van der Waals surface area contributed by atoms with Crippen molar-refractivity contribution in [3.63, 3.8) is 0 Å². The van der Waals surface area contributed by atoms with Crippen molar-refractivity contribution in [2.24, 2.45) is 0 Å². The third-order valence-electron chi connectivity index (χ3n) is 4.95. The Hall–Kier alpha value is -5.37. The van der Waals surface area contributed by atoms with Gasteiger partial charge in [0.1, 0.15) is 0 Å². The number of fused-ring (bicyclic) bond motifs is 2. The highest BCUT2D eigenvalue weighted by Crippen LogP contribution is 2.36. The summed E-state index contributed by atoms with van der Waals surface area (Å²) in [5.74, 6) is 2.95. The number of rotatable bonds is 4. The fourth-order valence-electron chi connectivity index (χ4n) is 3.18. The van der Waals surface area contributed by atoms with Gasteiger partial charge >= 0.3 is 11.4 Å². The molecule has 0 aliphatic carbocycles. The van der Waals surface area contributed by atoms with E-state index >= 15 is 0 Å². The molecule has 0 amide bonds. The van der Waals surface area contributed by atoms with Crippen LogP contribution in [-0.2, 0) is 0 Å². The second-order valence-electron chi connectivity index (χ2n) is 7.50. The third-order valence-corrected chi connectivity index (χ3v) is 5.24. The molecule has 0 unspecified atom stereocenters. The summed E-state index contributed by atoms with van der Waals surface area (Å²) in [7, 11) is 0. The van der Waals surface area contributed by atoms with Gasteiger partial charge in [-0.25, -0.2) is 9.97 Å². The Morgan fingerprint density at radius 1 is 0.775 bits per heavy atom. The number of nitro groups is 2. The number of nitrogens with one attached hydrogen (secondary N) is 1. The predicted molar refractivity (Wildman–Crippen MR) is 146 cm³/mol. The molecule has 0 saturated carbocycles. The van der Waals surface area contributed by atoms with Crippen molar-refractivity contribution >= 4 is 40.2 Å². The van der Waals surface area contributed by atoms with E-state index in [0.717, 1.165) is 11.5 Å². The van der Waals surface area contributed by atoms with Gasteiger partial charge in [0.15, 0.2) is 23.0 Å². The number of pyridine rings is 2. The topological polar surface area (TPSA) is 187 Å². The van der Waals surface area contributed by atoms with E-state index < -0.39 is 9.85 Å². The maximum atomic E-state index is 10.9. The van der Waals surface area contributed by atoms with Gasteiger partial charge in [0.25, 0.3) is 0 Å². The molecule has 0 atom stereocenters. The van der Waals surface area contributed by atoms with Gasteiger partial charge in [-0.05, 0) is 36.4 Å². The van der Waals surface area contributed by atoms with Crippen molar-refractivity contribution in [2.45, 2.75) is 7.43 Å². The minimum atomic E-state index is -0.574. The van der Waals surface area contributed by atoms with Gasteiger partial charge in [-0.3, -0.25) is 20.2 Å². The number of halogens is 1. The zero-order valence-corrected chi connectivity index (χ0v) is 20.6. The van der Waals surface area contributed by atoms with Gasteiger partial charge in [0.05, 0.1) is 9.85 Å². The van der Waals surface area contributed by atoms with Gasteiger partial charge in [0.2, 0.25) is 24.6 Å². The Balaban J connectivity index is 0.000000178. The first-order valence-electron chi connectivity index (χ1n) is 11.0. The van der Waals surface area contributed by atoms with Gasteiger partial charge in [-0.2, -0.15) is 0 Å². The van der Waals surface area contributed by atoms with Crippen molar-refractivity contribution < 1.29 is 28.8 Å². The molecule has 0 fully saturated rings. The van der Waals surface area contributed by atoms with Crippen LogP contribution in [0, 0.1) is 20.2 Å². The van der Waals surface area contributed by atoms with Gasteiger partial charge < -0.3 is 30.0 Å². The SMILES string of the molecule is C.Nc1ccc2c(c1)OCO2.O=[N+]([O-])c1cccnc1Cl.O=[N+]([O-])c1cccnc1Nc1ccc2c(c1)OCO2. The first-order chi connectivity index (χ1) is 18.8. The highest BCUT2D eigenvalue weighted by atomic mass is 35.5. The van der Waals surface area contributed by atoms with E-state index in [1.807, 2.05) is 0 Å². The first kappa shape index (κ1) is 29.2. The molecule has 4 aromatic rings. The summed E-state index contributed by atoms with van der Waals surface area (Å²) in [5.41, 5.74) is 6.59. The smallest absolute Gasteiger partial charge is 0.311 e. The summed E-state index contributed by atoms with van der Waals surface area (Å²) in [4.78, 5) is 27.4. The zero-order valence-electron chi connectivity index (χ0n) is 19.9. The highest BCUT2D eigenvalue weighted by Gasteiger charge is 2.17. The molecular formula is C25H23ClN6O8. The van der Waals surface area contributed by atoms with Gasteiger partial charge in [-0.15, -0.1) is 0 Å². The molecule has 2 aliphatic heterocycles. The predicted octanol–water partition coefficient (Wildman–Crippen LogP) is 5.74. The van der Waals surface area contributed by atoms with Crippen LogP contribution in [0.4, 0.5) is 28.6 Å². The Kier molecular flexibility index (Phi) is 9.80. The van der Waals surface area contributed by atoms with Crippen molar-refractivity contribution in [1.29, 1.82) is 0 Å². The van der Waals surface area contributed by atoms with Crippen LogP contribution in [0.5, 0.6) is 23.0 Å². The summed E-state index contributed by atoms with van der Waals surface area (Å²) in [6.07, 6.45) is 2.89. The minimum absolute atomic E-state index is 0. The van der Waals surface area contributed by atoms with E-state index in [4.69, 9.17) is 36.3 Å². The lowest BCUT2D eigenvalue weighted by Gasteiger charge is -2.06. The number of aromatic nitrogens is 2. The number of nitrogen functional groups attached to an aromatic ring is 1. The van der Waals surface area contributed by atoms with Crippen LogP contribution in [0.25, 0.3) is 0 Å². The van der Waals surface area contributed by atoms with Crippen LogP contribution in [0.3, 0.4) is 0 Å². The lowest BCUT2D eigenvalue weighted by atomic mass is 10.2. The molecule has 2 aromatic heterocycles. The number of nitrogens with zero attached hydrogens (tertiary/aromatic N) is 4. The standard InChI is InChI=1S/C12H9N3O4.C7H7NO2.C5H3ClN2O2.CH4/c16-15(17)9-2-1-5-13-12(9)14-8-3-4-10-11(6-8)19-7-18-10;8-5-1-2-6-7(3-5)10-4-9-6;6-5-4(8(9)10)2-1-3-7-5;/h1-6H,7H2,(H,13,14);1-3H,4,8H2;1-3H;1H4.